The van der Waals surface area contributed by atoms with Crippen molar-refractivity contribution in [3.05, 3.63) is 0 Å². The second-order valence-corrected chi connectivity index (χ2v) is 4.41. The van der Waals surface area contributed by atoms with E-state index in [4.69, 9.17) is 0 Å². The smallest absolute Gasteiger partial charge is 0.223 e. The van der Waals surface area contributed by atoms with E-state index < -0.39 is 6.67 Å². The van der Waals surface area contributed by atoms with Crippen LogP contribution in [0.2, 0.25) is 0 Å². The minimum Gasteiger partial charge on any atom is -0.353 e. The molecule has 1 saturated carbocycles. The average molecular weight is 187 g/mol. The lowest BCUT2D eigenvalue weighted by Crippen LogP contribution is -2.37. The van der Waals surface area contributed by atoms with E-state index in [2.05, 4.69) is 19.2 Å². The molecule has 13 heavy (non-hydrogen) atoms. The van der Waals surface area contributed by atoms with Crippen LogP contribution in [0.25, 0.3) is 0 Å². The van der Waals surface area contributed by atoms with Gasteiger partial charge in [-0.2, -0.15) is 0 Å². The molecule has 1 rings (SSSR count). The number of alkyl halides is 1. The maximum atomic E-state index is 11.8. The quantitative estimate of drug-likeness (QED) is 0.718. The van der Waals surface area contributed by atoms with Crippen LogP contribution in [-0.4, -0.2) is 19.1 Å². The molecule has 0 aromatic rings. The molecule has 1 N–H and O–H groups in total. The maximum absolute atomic E-state index is 11.8. The minimum absolute atomic E-state index is 0.0279. The number of carbonyl (C=O) groups is 1. The fraction of sp³-hybridized carbons (Fsp3) is 0.900. The molecule has 0 saturated heterocycles. The number of hydrogen-bond acceptors (Lipinski definition) is 1. The van der Waals surface area contributed by atoms with Gasteiger partial charge in [0.2, 0.25) is 5.91 Å². The highest BCUT2D eigenvalue weighted by Gasteiger charge is 2.38. The van der Waals surface area contributed by atoms with E-state index in [1.54, 1.807) is 0 Å². The minimum atomic E-state index is -0.473. The highest BCUT2D eigenvalue weighted by molar-refractivity contribution is 5.79. The third-order valence-corrected chi connectivity index (χ3v) is 2.97. The summed E-state index contributed by atoms with van der Waals surface area (Å²) in [6.45, 7) is 3.91. The molecule has 0 aromatic heterocycles. The van der Waals surface area contributed by atoms with Crippen molar-refractivity contribution >= 4 is 5.91 Å². The number of hydrogen-bond donors (Lipinski definition) is 1. The average Bonchev–Trinajstić information content (AvgIpc) is 2.41. The predicted octanol–water partition coefficient (Wildman–Crippen LogP) is 1.90. The molecule has 1 aliphatic carbocycles. The van der Waals surface area contributed by atoms with E-state index in [1.807, 2.05) is 0 Å². The van der Waals surface area contributed by atoms with Crippen LogP contribution in [-0.2, 0) is 4.79 Å². The summed E-state index contributed by atoms with van der Waals surface area (Å²) >= 11 is 0. The lowest BCUT2D eigenvalue weighted by Gasteiger charge is -2.25. The molecule has 1 unspecified atom stereocenters. The van der Waals surface area contributed by atoms with Crippen LogP contribution in [0.5, 0.6) is 0 Å². The fourth-order valence-corrected chi connectivity index (χ4v) is 2.11. The van der Waals surface area contributed by atoms with Gasteiger partial charge in [-0.15, -0.1) is 0 Å². The van der Waals surface area contributed by atoms with E-state index in [9.17, 15) is 9.18 Å². The molecule has 0 radical (unpaired) electrons. The zero-order valence-corrected chi connectivity index (χ0v) is 8.40. The first-order valence-electron chi connectivity index (χ1n) is 4.91. The molecule has 1 aliphatic rings. The monoisotopic (exact) mass is 187 g/mol. The second-order valence-electron chi connectivity index (χ2n) is 4.41. The second kappa shape index (κ2) is 4.07. The van der Waals surface area contributed by atoms with Crippen molar-refractivity contribution in [3.63, 3.8) is 0 Å². The molecule has 2 nitrogen and oxygen atoms in total. The first-order valence-corrected chi connectivity index (χ1v) is 4.91. The Morgan fingerprint density at radius 1 is 1.62 bits per heavy atom. The van der Waals surface area contributed by atoms with E-state index in [0.29, 0.717) is 0 Å². The van der Waals surface area contributed by atoms with Crippen molar-refractivity contribution < 1.29 is 9.18 Å². The van der Waals surface area contributed by atoms with Crippen LogP contribution in [0.3, 0.4) is 0 Å². The van der Waals surface area contributed by atoms with E-state index >= 15 is 0 Å². The fourth-order valence-electron chi connectivity index (χ4n) is 2.11. The number of nitrogens with one attached hydrogen (secondary N) is 1. The van der Waals surface area contributed by atoms with Gasteiger partial charge in [0, 0.05) is 12.5 Å². The summed E-state index contributed by atoms with van der Waals surface area (Å²) in [7, 11) is 0. The van der Waals surface area contributed by atoms with Gasteiger partial charge in [-0.05, 0) is 18.3 Å². The van der Waals surface area contributed by atoms with Crippen LogP contribution >= 0.6 is 0 Å². The van der Waals surface area contributed by atoms with Crippen LogP contribution in [0.15, 0.2) is 0 Å². The van der Waals surface area contributed by atoms with Crippen molar-refractivity contribution in [2.45, 2.75) is 33.1 Å². The van der Waals surface area contributed by atoms with Crippen molar-refractivity contribution in [2.24, 2.45) is 11.3 Å². The van der Waals surface area contributed by atoms with Crippen molar-refractivity contribution in [3.8, 4) is 0 Å². The summed E-state index contributed by atoms with van der Waals surface area (Å²) in [5.41, 5.74) is 0.0976. The van der Waals surface area contributed by atoms with Gasteiger partial charge in [0.05, 0.1) is 0 Å². The predicted molar refractivity (Wildman–Crippen MR) is 50.1 cm³/mol. The molecule has 0 heterocycles. The first kappa shape index (κ1) is 10.5. The molecule has 0 aromatic carbocycles. The summed E-state index contributed by atoms with van der Waals surface area (Å²) in [5, 5.41) is 2.62. The Morgan fingerprint density at radius 2 is 2.31 bits per heavy atom. The zero-order valence-electron chi connectivity index (χ0n) is 8.40. The SMILES string of the molecule is CC1(C)CCCC1C(=O)NCCF. The summed E-state index contributed by atoms with van der Waals surface area (Å²) in [4.78, 5) is 11.5. The highest BCUT2D eigenvalue weighted by Crippen LogP contribution is 2.42. The van der Waals surface area contributed by atoms with Gasteiger partial charge in [0.25, 0.3) is 0 Å². The van der Waals surface area contributed by atoms with Gasteiger partial charge in [0.15, 0.2) is 0 Å². The normalized spacial score (nSPS) is 25.9. The van der Waals surface area contributed by atoms with Gasteiger partial charge in [-0.3, -0.25) is 4.79 Å². The van der Waals surface area contributed by atoms with E-state index in [-0.39, 0.29) is 23.8 Å². The molecule has 0 aliphatic heterocycles. The summed E-state index contributed by atoms with van der Waals surface area (Å²) < 4.78 is 11.8. The van der Waals surface area contributed by atoms with Gasteiger partial charge >= 0.3 is 0 Å². The largest absolute Gasteiger partial charge is 0.353 e. The van der Waals surface area contributed by atoms with Crippen molar-refractivity contribution in [1.29, 1.82) is 0 Å². The lowest BCUT2D eigenvalue weighted by molar-refractivity contribution is -0.127. The zero-order chi connectivity index (χ0) is 9.90. The molecule has 0 spiro atoms. The van der Waals surface area contributed by atoms with Gasteiger partial charge in [-0.25, -0.2) is 4.39 Å². The summed E-state index contributed by atoms with van der Waals surface area (Å²) in [6, 6.07) is 0. The van der Waals surface area contributed by atoms with Crippen molar-refractivity contribution in [1.82, 2.24) is 5.32 Å². The molecule has 76 valence electrons. The number of carbonyl (C=O) groups excluding carboxylic acids is 1. The summed E-state index contributed by atoms with van der Waals surface area (Å²) in [5.74, 6) is 0.110. The van der Waals surface area contributed by atoms with Crippen LogP contribution < -0.4 is 5.32 Å². The molecular formula is C10H18FNO. The number of rotatable bonds is 3. The van der Waals surface area contributed by atoms with Gasteiger partial charge in [0.1, 0.15) is 6.67 Å². The Morgan fingerprint density at radius 3 is 2.77 bits per heavy atom. The van der Waals surface area contributed by atoms with Crippen molar-refractivity contribution in [2.75, 3.05) is 13.2 Å². The van der Waals surface area contributed by atoms with E-state index in [1.165, 1.54) is 0 Å². The van der Waals surface area contributed by atoms with Crippen LogP contribution in [0.4, 0.5) is 4.39 Å². The third-order valence-electron chi connectivity index (χ3n) is 2.97. The number of halogens is 1. The molecule has 1 fully saturated rings. The molecule has 1 atom stereocenters. The Balaban J connectivity index is 2.46. The topological polar surface area (TPSA) is 29.1 Å². The maximum Gasteiger partial charge on any atom is 0.223 e. The van der Waals surface area contributed by atoms with Crippen LogP contribution in [0, 0.1) is 11.3 Å². The highest BCUT2D eigenvalue weighted by atomic mass is 19.1. The molecule has 1 amide bonds. The summed E-state index contributed by atoms with van der Waals surface area (Å²) in [6.07, 6.45) is 3.16. The Hall–Kier alpha value is -0.600. The van der Waals surface area contributed by atoms with Gasteiger partial charge in [-0.1, -0.05) is 20.3 Å². The van der Waals surface area contributed by atoms with Crippen LogP contribution in [0.1, 0.15) is 33.1 Å². The van der Waals surface area contributed by atoms with E-state index in [0.717, 1.165) is 19.3 Å². The molecule has 3 heteroatoms. The van der Waals surface area contributed by atoms with Gasteiger partial charge < -0.3 is 5.32 Å². The Kier molecular flexibility index (Phi) is 3.28. The third kappa shape index (κ3) is 2.42. The molecular weight excluding hydrogens is 169 g/mol. The lowest BCUT2D eigenvalue weighted by atomic mass is 9.81. The number of amides is 1. The Labute approximate surface area is 78.9 Å². The Bertz CT molecular complexity index is 191. The standard InChI is InChI=1S/C10H18FNO/c1-10(2)5-3-4-8(10)9(13)12-7-6-11/h8H,3-7H2,1-2H3,(H,12,13). The first-order chi connectivity index (χ1) is 6.08. The molecule has 0 bridgehead atoms.